The average molecular weight is 407 g/mol. The minimum absolute atomic E-state index is 0.132. The maximum absolute atomic E-state index is 11.0. The van der Waals surface area contributed by atoms with Gasteiger partial charge in [0.05, 0.1) is 16.9 Å². The number of carboxylic acid groups (broad SMARTS) is 1. The summed E-state index contributed by atoms with van der Waals surface area (Å²) in [7, 11) is 0. The molecular formula is C25H17N3O3. The molecule has 5 rings (SSSR count). The van der Waals surface area contributed by atoms with Crippen molar-refractivity contribution in [2.24, 2.45) is 10.2 Å². The van der Waals surface area contributed by atoms with Crippen LogP contribution in [0.1, 0.15) is 21.5 Å². The standard InChI is InChI=1S/C25H17N3O3/c29-24-20(18-3-1-2-4-21(18)26-24)13-16-7-11-19-22(27-28-23(19)14-16)12-8-15-5-9-17(10-6-15)25(30)31/h1-14,26,29H,(H,30,31). The molecule has 0 saturated heterocycles. The Balaban J connectivity index is 1.49. The summed E-state index contributed by atoms with van der Waals surface area (Å²) < 4.78 is 0. The fraction of sp³-hybridized carbons (Fsp3) is 0. The number of azo groups is 1. The topological polar surface area (TPSA) is 98.0 Å². The molecule has 0 fully saturated rings. The van der Waals surface area contributed by atoms with Gasteiger partial charge in [0, 0.05) is 21.7 Å². The second-order valence-corrected chi connectivity index (χ2v) is 7.20. The van der Waals surface area contributed by atoms with E-state index < -0.39 is 5.97 Å². The smallest absolute Gasteiger partial charge is 0.335 e. The molecule has 6 nitrogen and oxygen atoms in total. The van der Waals surface area contributed by atoms with Crippen molar-refractivity contribution in [2.75, 3.05) is 0 Å². The number of rotatable bonds is 4. The largest absolute Gasteiger partial charge is 0.494 e. The molecule has 0 spiro atoms. The lowest BCUT2D eigenvalue weighted by Gasteiger charge is -1.96. The molecule has 150 valence electrons. The van der Waals surface area contributed by atoms with E-state index in [0.717, 1.165) is 43.9 Å². The molecule has 6 heteroatoms. The molecule has 0 saturated carbocycles. The van der Waals surface area contributed by atoms with Crippen LogP contribution in [0.2, 0.25) is 0 Å². The van der Waals surface area contributed by atoms with Gasteiger partial charge in [-0.1, -0.05) is 42.5 Å². The molecule has 4 aromatic rings. The van der Waals surface area contributed by atoms with Crippen LogP contribution in [0, 0.1) is 0 Å². The highest BCUT2D eigenvalue weighted by Crippen LogP contribution is 2.27. The van der Waals surface area contributed by atoms with Gasteiger partial charge in [-0.2, -0.15) is 0 Å². The maximum Gasteiger partial charge on any atom is 0.335 e. The lowest BCUT2D eigenvalue weighted by Crippen LogP contribution is -2.08. The van der Waals surface area contributed by atoms with E-state index in [9.17, 15) is 9.90 Å². The van der Waals surface area contributed by atoms with Gasteiger partial charge in [-0.3, -0.25) is 0 Å². The minimum Gasteiger partial charge on any atom is -0.494 e. The average Bonchev–Trinajstić information content (AvgIpc) is 3.33. The lowest BCUT2D eigenvalue weighted by atomic mass is 10.1. The van der Waals surface area contributed by atoms with Gasteiger partial charge in [-0.15, -0.1) is 10.2 Å². The first-order valence-electron chi connectivity index (χ1n) is 9.67. The molecule has 0 unspecified atom stereocenters. The van der Waals surface area contributed by atoms with E-state index in [-0.39, 0.29) is 11.4 Å². The monoisotopic (exact) mass is 407 g/mol. The molecule has 1 aromatic heterocycles. The number of aromatic hydroxyl groups is 1. The highest BCUT2D eigenvalue weighted by molar-refractivity contribution is 5.91. The number of carboxylic acids is 1. The zero-order valence-corrected chi connectivity index (χ0v) is 16.3. The Morgan fingerprint density at radius 3 is 2.55 bits per heavy atom. The quantitative estimate of drug-likeness (QED) is 0.470. The summed E-state index contributed by atoms with van der Waals surface area (Å²) in [5, 5.41) is 30.6. The molecule has 1 aliphatic heterocycles. The summed E-state index contributed by atoms with van der Waals surface area (Å²) in [6.45, 7) is 0. The summed E-state index contributed by atoms with van der Waals surface area (Å²) in [6.07, 6.45) is 5.65. The normalized spacial score (nSPS) is 13.4. The molecule has 31 heavy (non-hydrogen) atoms. The summed E-state index contributed by atoms with van der Waals surface area (Å²) in [4.78, 5) is 13.9. The van der Waals surface area contributed by atoms with Crippen molar-refractivity contribution in [3.8, 4) is 5.88 Å². The number of aromatic amines is 1. The fourth-order valence-corrected chi connectivity index (χ4v) is 3.60. The van der Waals surface area contributed by atoms with Gasteiger partial charge in [-0.25, -0.2) is 4.79 Å². The number of hydrogen-bond donors (Lipinski definition) is 3. The molecule has 0 atom stereocenters. The number of para-hydroxylation sites is 1. The lowest BCUT2D eigenvalue weighted by molar-refractivity contribution is 0.0697. The Hall–Kier alpha value is -4.45. The number of aromatic carboxylic acids is 1. The van der Waals surface area contributed by atoms with Crippen molar-refractivity contribution in [1.29, 1.82) is 0 Å². The van der Waals surface area contributed by atoms with E-state index in [1.54, 1.807) is 24.3 Å². The second-order valence-electron chi connectivity index (χ2n) is 7.20. The van der Waals surface area contributed by atoms with Gasteiger partial charge in [0.15, 0.2) is 5.88 Å². The van der Waals surface area contributed by atoms with Crippen molar-refractivity contribution in [3.63, 3.8) is 0 Å². The molecule has 0 aliphatic carbocycles. The number of carbonyl (C=O) groups is 1. The molecule has 0 amide bonds. The highest BCUT2D eigenvalue weighted by Gasteiger charge is 2.09. The Morgan fingerprint density at radius 2 is 1.74 bits per heavy atom. The summed E-state index contributed by atoms with van der Waals surface area (Å²) in [5.74, 6) is -0.815. The van der Waals surface area contributed by atoms with Crippen LogP contribution in [0.25, 0.3) is 28.8 Å². The molecule has 0 radical (unpaired) electrons. The van der Waals surface area contributed by atoms with Crippen LogP contribution in [0.3, 0.4) is 0 Å². The summed E-state index contributed by atoms with van der Waals surface area (Å²) >= 11 is 0. The predicted molar refractivity (Wildman–Crippen MR) is 120 cm³/mol. The molecular weight excluding hydrogens is 390 g/mol. The third-order valence-corrected chi connectivity index (χ3v) is 5.19. The van der Waals surface area contributed by atoms with Crippen molar-refractivity contribution >= 4 is 40.4 Å². The number of nitrogens with one attached hydrogen (secondary N) is 1. The number of aromatic nitrogens is 1. The number of fused-ring (bicyclic) bond motifs is 2. The number of nitrogens with zero attached hydrogens (tertiary/aromatic N) is 2. The van der Waals surface area contributed by atoms with Crippen molar-refractivity contribution in [3.05, 3.63) is 99.9 Å². The third kappa shape index (κ3) is 3.51. The van der Waals surface area contributed by atoms with E-state index in [1.165, 1.54) is 0 Å². The zero-order chi connectivity index (χ0) is 21.4. The maximum atomic E-state index is 11.0. The third-order valence-electron chi connectivity index (χ3n) is 5.19. The van der Waals surface area contributed by atoms with E-state index in [2.05, 4.69) is 15.2 Å². The SMILES string of the molecule is O=C(O)c1ccc(C=CC2=c3ccc(=Cc4c(O)[nH]c5ccccc45)cc3N=N2)cc1. The van der Waals surface area contributed by atoms with Crippen LogP contribution >= 0.6 is 0 Å². The Labute approximate surface area is 176 Å². The van der Waals surface area contributed by atoms with Crippen molar-refractivity contribution in [1.82, 2.24) is 4.98 Å². The number of H-pyrrole nitrogens is 1. The molecule has 2 heterocycles. The minimum atomic E-state index is -0.947. The molecule has 1 aliphatic rings. The first-order chi connectivity index (χ1) is 15.1. The predicted octanol–water partition coefficient (Wildman–Crippen LogP) is 4.32. The van der Waals surface area contributed by atoms with Gasteiger partial charge < -0.3 is 15.2 Å². The Kier molecular flexibility index (Phi) is 4.45. The first kappa shape index (κ1) is 18.6. The van der Waals surface area contributed by atoms with Gasteiger partial charge in [0.1, 0.15) is 0 Å². The van der Waals surface area contributed by atoms with Gasteiger partial charge in [0.25, 0.3) is 0 Å². The van der Waals surface area contributed by atoms with Crippen LogP contribution in [0.5, 0.6) is 5.88 Å². The van der Waals surface area contributed by atoms with Gasteiger partial charge >= 0.3 is 5.97 Å². The molecule has 3 aromatic carbocycles. The Bertz CT molecular complexity index is 1510. The molecule has 0 bridgehead atoms. The first-order valence-corrected chi connectivity index (χ1v) is 9.67. The van der Waals surface area contributed by atoms with Crippen LogP contribution < -0.4 is 10.4 Å². The van der Waals surface area contributed by atoms with Crippen LogP contribution in [-0.2, 0) is 0 Å². The van der Waals surface area contributed by atoms with E-state index in [4.69, 9.17) is 5.11 Å². The molecule has 3 N–H and O–H groups in total. The van der Waals surface area contributed by atoms with Gasteiger partial charge in [0.2, 0.25) is 0 Å². The second kappa shape index (κ2) is 7.42. The summed E-state index contributed by atoms with van der Waals surface area (Å²) in [5.41, 5.74) is 4.23. The van der Waals surface area contributed by atoms with Gasteiger partial charge in [-0.05, 0) is 53.3 Å². The number of hydrogen-bond acceptors (Lipinski definition) is 4. The van der Waals surface area contributed by atoms with E-state index in [0.29, 0.717) is 0 Å². The fourth-order valence-electron chi connectivity index (χ4n) is 3.60. The van der Waals surface area contributed by atoms with E-state index in [1.807, 2.05) is 60.7 Å². The highest BCUT2D eigenvalue weighted by atomic mass is 16.4. The number of benzene rings is 3. The van der Waals surface area contributed by atoms with Crippen molar-refractivity contribution < 1.29 is 15.0 Å². The summed E-state index contributed by atoms with van der Waals surface area (Å²) in [6, 6.07) is 20.2. The Morgan fingerprint density at radius 1 is 0.935 bits per heavy atom. The van der Waals surface area contributed by atoms with E-state index >= 15 is 0 Å². The van der Waals surface area contributed by atoms with Crippen molar-refractivity contribution in [2.45, 2.75) is 0 Å². The zero-order valence-electron chi connectivity index (χ0n) is 16.3. The van der Waals surface area contributed by atoms with Crippen LogP contribution in [0.15, 0.2) is 83.0 Å². The van der Waals surface area contributed by atoms with Crippen LogP contribution in [-0.4, -0.2) is 21.2 Å². The van der Waals surface area contributed by atoms with Crippen LogP contribution in [0.4, 0.5) is 5.69 Å².